The largest absolute Gasteiger partial charge is 0.497 e. The van der Waals surface area contributed by atoms with E-state index in [1.807, 2.05) is 65.6 Å². The Morgan fingerprint density at radius 3 is 2.34 bits per heavy atom. The lowest BCUT2D eigenvalue weighted by Crippen LogP contribution is -2.50. The Hall–Kier alpha value is -4.37. The normalized spacial score (nSPS) is 14.2. The number of carbonyl (C=O) groups is 1. The Labute approximate surface area is 223 Å². The van der Waals surface area contributed by atoms with Gasteiger partial charge < -0.3 is 19.7 Å². The van der Waals surface area contributed by atoms with Crippen LogP contribution in [-0.2, 0) is 17.8 Å². The lowest BCUT2D eigenvalue weighted by Gasteiger charge is -2.36. The molecule has 1 aliphatic rings. The molecule has 1 unspecified atom stereocenters. The number of nitriles is 2. The number of hydrogen-bond donors (Lipinski definition) is 1. The van der Waals surface area contributed by atoms with Gasteiger partial charge in [-0.25, -0.2) is 4.79 Å². The smallest absolute Gasteiger partial charge is 0.321 e. The average Bonchev–Trinajstić information content (AvgIpc) is 2.97. The second-order valence-electron chi connectivity index (χ2n) is 9.13. The van der Waals surface area contributed by atoms with Gasteiger partial charge >= 0.3 is 6.03 Å². The van der Waals surface area contributed by atoms with E-state index < -0.39 is 0 Å². The summed E-state index contributed by atoms with van der Waals surface area (Å²) in [6.07, 6.45) is 0.164. The third-order valence-corrected chi connectivity index (χ3v) is 6.57. The number of amides is 2. The quantitative estimate of drug-likeness (QED) is 0.447. The molecule has 4 rings (SSSR count). The van der Waals surface area contributed by atoms with Crippen LogP contribution in [0.2, 0.25) is 0 Å². The van der Waals surface area contributed by atoms with Crippen molar-refractivity contribution in [2.24, 2.45) is 0 Å². The number of nitrogens with one attached hydrogen (secondary N) is 1. The molecule has 1 aliphatic heterocycles. The molecular formula is C30H31N5O3. The summed E-state index contributed by atoms with van der Waals surface area (Å²) in [6, 6.07) is 26.8. The van der Waals surface area contributed by atoms with Gasteiger partial charge in [0.1, 0.15) is 5.75 Å². The van der Waals surface area contributed by atoms with E-state index in [4.69, 9.17) is 20.0 Å². The zero-order valence-corrected chi connectivity index (χ0v) is 21.5. The summed E-state index contributed by atoms with van der Waals surface area (Å²) in [4.78, 5) is 16.9. The summed E-state index contributed by atoms with van der Waals surface area (Å²) in [6.45, 7) is 3.78. The second-order valence-corrected chi connectivity index (χ2v) is 9.13. The average molecular weight is 510 g/mol. The van der Waals surface area contributed by atoms with Crippen LogP contribution in [-0.4, -0.2) is 55.7 Å². The van der Waals surface area contributed by atoms with Crippen LogP contribution in [0.15, 0.2) is 72.8 Å². The molecule has 0 spiro atoms. The number of hydrogen-bond acceptors (Lipinski definition) is 6. The van der Waals surface area contributed by atoms with Crippen molar-refractivity contribution in [2.45, 2.75) is 19.1 Å². The molecule has 3 aromatic carbocycles. The molecule has 8 nitrogen and oxygen atoms in total. The monoisotopic (exact) mass is 509 g/mol. The van der Waals surface area contributed by atoms with Gasteiger partial charge in [0.2, 0.25) is 0 Å². The summed E-state index contributed by atoms with van der Waals surface area (Å²) >= 11 is 0. The van der Waals surface area contributed by atoms with E-state index >= 15 is 0 Å². The maximum atomic E-state index is 12.8. The maximum absolute atomic E-state index is 12.8. The standard InChI is InChI=1S/C30H31N5O3/c1-37-28-4-2-3-26(19-28)29(38-22-25-7-5-24(20-32)6-8-25)21-34-15-17-35(18-16-34)30(36)33-27-11-9-23(10-12-27)13-14-31/h2-12,19,29H,13,15-18,21-22H2,1H3,(H,33,36). The summed E-state index contributed by atoms with van der Waals surface area (Å²) in [5.74, 6) is 0.775. The van der Waals surface area contributed by atoms with E-state index in [2.05, 4.69) is 22.4 Å². The summed E-state index contributed by atoms with van der Waals surface area (Å²) in [5, 5.41) is 20.8. The Bertz CT molecular complexity index is 1290. The fourth-order valence-electron chi connectivity index (χ4n) is 4.34. The lowest BCUT2D eigenvalue weighted by molar-refractivity contribution is 0.00584. The minimum absolute atomic E-state index is 0.126. The van der Waals surface area contributed by atoms with Crippen LogP contribution in [0.25, 0.3) is 0 Å². The van der Waals surface area contributed by atoms with Gasteiger partial charge in [-0.1, -0.05) is 36.4 Å². The van der Waals surface area contributed by atoms with Gasteiger partial charge in [0.15, 0.2) is 0 Å². The zero-order chi connectivity index (χ0) is 26.7. The molecule has 0 aliphatic carbocycles. The minimum Gasteiger partial charge on any atom is -0.497 e. The van der Waals surface area contributed by atoms with E-state index in [-0.39, 0.29) is 12.1 Å². The van der Waals surface area contributed by atoms with Crippen LogP contribution in [0.5, 0.6) is 5.75 Å². The minimum atomic E-state index is -0.187. The molecule has 8 heteroatoms. The fraction of sp³-hybridized carbons (Fsp3) is 0.300. The summed E-state index contributed by atoms with van der Waals surface area (Å²) in [7, 11) is 1.65. The number of piperazine rings is 1. The van der Waals surface area contributed by atoms with Gasteiger partial charge in [-0.2, -0.15) is 10.5 Å². The molecule has 1 atom stereocenters. The predicted octanol–water partition coefficient (Wildman–Crippen LogP) is 4.74. The molecule has 2 amide bonds. The first-order valence-corrected chi connectivity index (χ1v) is 12.6. The molecule has 0 aromatic heterocycles. The topological polar surface area (TPSA) is 102 Å². The van der Waals surface area contributed by atoms with Gasteiger partial charge in [-0.3, -0.25) is 4.90 Å². The second kappa shape index (κ2) is 13.3. The molecular weight excluding hydrogens is 478 g/mol. The van der Waals surface area contributed by atoms with Crippen molar-refractivity contribution >= 4 is 11.7 Å². The fourth-order valence-corrected chi connectivity index (χ4v) is 4.34. The summed E-state index contributed by atoms with van der Waals surface area (Å²) in [5.41, 5.74) is 4.28. The number of nitrogens with zero attached hydrogens (tertiary/aromatic N) is 4. The van der Waals surface area contributed by atoms with Crippen molar-refractivity contribution in [3.8, 4) is 17.9 Å². The molecule has 38 heavy (non-hydrogen) atoms. The number of anilines is 1. The van der Waals surface area contributed by atoms with Crippen molar-refractivity contribution < 1.29 is 14.3 Å². The van der Waals surface area contributed by atoms with Gasteiger partial charge in [0.05, 0.1) is 43.9 Å². The van der Waals surface area contributed by atoms with E-state index in [0.717, 1.165) is 35.5 Å². The number of benzene rings is 3. The van der Waals surface area contributed by atoms with Crippen LogP contribution in [0.1, 0.15) is 28.4 Å². The van der Waals surface area contributed by atoms with Crippen molar-refractivity contribution in [3.63, 3.8) is 0 Å². The van der Waals surface area contributed by atoms with Crippen molar-refractivity contribution in [3.05, 3.63) is 95.1 Å². The highest BCUT2D eigenvalue weighted by atomic mass is 16.5. The van der Waals surface area contributed by atoms with Crippen LogP contribution in [0, 0.1) is 22.7 Å². The molecule has 1 heterocycles. The molecule has 1 N–H and O–H groups in total. The number of rotatable bonds is 9. The van der Waals surface area contributed by atoms with Crippen LogP contribution in [0.3, 0.4) is 0 Å². The van der Waals surface area contributed by atoms with Gasteiger partial charge in [-0.15, -0.1) is 0 Å². The third-order valence-electron chi connectivity index (χ3n) is 6.57. The van der Waals surface area contributed by atoms with E-state index in [1.165, 1.54) is 0 Å². The number of methoxy groups -OCH3 is 1. The Morgan fingerprint density at radius 1 is 0.974 bits per heavy atom. The molecule has 0 saturated carbocycles. The first-order chi connectivity index (χ1) is 18.6. The summed E-state index contributed by atoms with van der Waals surface area (Å²) < 4.78 is 11.8. The molecule has 1 fully saturated rings. The molecule has 0 bridgehead atoms. The zero-order valence-electron chi connectivity index (χ0n) is 21.5. The molecule has 194 valence electrons. The third kappa shape index (κ3) is 7.33. The van der Waals surface area contributed by atoms with Crippen LogP contribution >= 0.6 is 0 Å². The molecule has 3 aromatic rings. The van der Waals surface area contributed by atoms with Crippen molar-refractivity contribution in [1.29, 1.82) is 10.5 Å². The SMILES string of the molecule is COc1cccc(C(CN2CCN(C(=O)Nc3ccc(CC#N)cc3)CC2)OCc2ccc(C#N)cc2)c1. The van der Waals surface area contributed by atoms with E-state index in [0.29, 0.717) is 43.9 Å². The van der Waals surface area contributed by atoms with Gasteiger partial charge in [0, 0.05) is 38.4 Å². The Kier molecular flexibility index (Phi) is 9.31. The van der Waals surface area contributed by atoms with Crippen molar-refractivity contribution in [1.82, 2.24) is 9.80 Å². The van der Waals surface area contributed by atoms with Gasteiger partial charge in [0.25, 0.3) is 0 Å². The molecule has 1 saturated heterocycles. The lowest BCUT2D eigenvalue weighted by atomic mass is 10.1. The van der Waals surface area contributed by atoms with Crippen LogP contribution < -0.4 is 10.1 Å². The van der Waals surface area contributed by atoms with Crippen molar-refractivity contribution in [2.75, 3.05) is 45.2 Å². The first kappa shape index (κ1) is 26.7. The van der Waals surface area contributed by atoms with E-state index in [1.54, 1.807) is 19.2 Å². The number of urea groups is 1. The number of carbonyl (C=O) groups excluding carboxylic acids is 1. The Balaban J connectivity index is 1.35. The highest BCUT2D eigenvalue weighted by molar-refractivity contribution is 5.89. The highest BCUT2D eigenvalue weighted by Gasteiger charge is 2.24. The predicted molar refractivity (Wildman–Crippen MR) is 144 cm³/mol. The van der Waals surface area contributed by atoms with Crippen LogP contribution in [0.4, 0.5) is 10.5 Å². The first-order valence-electron chi connectivity index (χ1n) is 12.6. The number of ether oxygens (including phenoxy) is 2. The Morgan fingerprint density at radius 2 is 1.68 bits per heavy atom. The van der Waals surface area contributed by atoms with Gasteiger partial charge in [-0.05, 0) is 53.1 Å². The molecule has 0 radical (unpaired) electrons. The maximum Gasteiger partial charge on any atom is 0.321 e. The van der Waals surface area contributed by atoms with E-state index in [9.17, 15) is 4.79 Å². The highest BCUT2D eigenvalue weighted by Crippen LogP contribution is 2.25.